The van der Waals surface area contributed by atoms with Crippen LogP contribution in [-0.2, 0) is 26.0 Å². The van der Waals surface area contributed by atoms with Gasteiger partial charge in [-0.05, 0) is 50.5 Å². The Hall–Kier alpha value is -2.09. The molecule has 0 radical (unpaired) electrons. The number of ether oxygens (including phenoxy) is 1. The Morgan fingerprint density at radius 1 is 1.38 bits per heavy atom. The van der Waals surface area contributed by atoms with Gasteiger partial charge in [-0.25, -0.2) is 13.2 Å². The number of carbonyl (C=O) groups is 2. The summed E-state index contributed by atoms with van der Waals surface area (Å²) in [5.74, 6) is -0.936. The van der Waals surface area contributed by atoms with Gasteiger partial charge in [-0.15, -0.1) is 0 Å². The van der Waals surface area contributed by atoms with Crippen LogP contribution in [0, 0.1) is 0 Å². The van der Waals surface area contributed by atoms with Crippen molar-refractivity contribution in [2.24, 2.45) is 0 Å². The number of hydrogen-bond donors (Lipinski definition) is 1. The molecule has 8 heteroatoms. The van der Waals surface area contributed by atoms with Crippen LogP contribution in [0.5, 0.6) is 0 Å². The van der Waals surface area contributed by atoms with Crippen molar-refractivity contribution >= 4 is 27.6 Å². The molecule has 0 fully saturated rings. The molecule has 2 rings (SSSR count). The second-order valence-electron chi connectivity index (χ2n) is 6.79. The smallest absolute Gasteiger partial charge is 0.338 e. The molecule has 1 N–H and O–H groups in total. The van der Waals surface area contributed by atoms with Gasteiger partial charge in [0.1, 0.15) is 0 Å². The molecule has 0 aliphatic carbocycles. The highest BCUT2D eigenvalue weighted by atomic mass is 32.2. The zero-order chi connectivity index (χ0) is 19.5. The van der Waals surface area contributed by atoms with E-state index in [1.165, 1.54) is 16.6 Å². The Bertz CT molecular complexity index is 791. The average molecular weight is 382 g/mol. The topological polar surface area (TPSA) is 92.8 Å². The van der Waals surface area contributed by atoms with Crippen LogP contribution in [0.2, 0.25) is 0 Å². The lowest BCUT2D eigenvalue weighted by molar-refractivity contribution is -0.124. The minimum absolute atomic E-state index is 0.0367. The number of anilines is 1. The molecule has 0 bridgehead atoms. The van der Waals surface area contributed by atoms with Crippen molar-refractivity contribution in [3.05, 3.63) is 29.3 Å². The summed E-state index contributed by atoms with van der Waals surface area (Å²) in [7, 11) is -3.37. The number of fused-ring (bicyclic) bond motifs is 1. The molecule has 1 amide bonds. The number of benzene rings is 1. The summed E-state index contributed by atoms with van der Waals surface area (Å²) in [4.78, 5) is 24.0. The third-order valence-corrected chi connectivity index (χ3v) is 5.56. The highest BCUT2D eigenvalue weighted by Gasteiger charge is 2.32. The van der Waals surface area contributed by atoms with E-state index < -0.39 is 16.0 Å². The lowest BCUT2D eigenvalue weighted by atomic mass is 10.1. The summed E-state index contributed by atoms with van der Waals surface area (Å²) in [5, 5.41) is 2.77. The third kappa shape index (κ3) is 4.75. The molecule has 26 heavy (non-hydrogen) atoms. The van der Waals surface area contributed by atoms with E-state index in [0.29, 0.717) is 17.7 Å². The maximum atomic E-state index is 12.2. The zero-order valence-electron chi connectivity index (χ0n) is 15.6. The number of amides is 1. The van der Waals surface area contributed by atoms with Crippen molar-refractivity contribution in [1.29, 1.82) is 0 Å². The monoisotopic (exact) mass is 382 g/mol. The molecule has 1 aliphatic heterocycles. The van der Waals surface area contributed by atoms with Gasteiger partial charge in [0, 0.05) is 12.1 Å². The van der Waals surface area contributed by atoms with Crippen molar-refractivity contribution in [2.45, 2.75) is 52.1 Å². The van der Waals surface area contributed by atoms with Gasteiger partial charge < -0.3 is 10.1 Å². The van der Waals surface area contributed by atoms with E-state index in [1.807, 2.05) is 20.8 Å². The third-order valence-electron chi connectivity index (χ3n) is 4.29. The molecule has 0 saturated heterocycles. The van der Waals surface area contributed by atoms with Crippen LogP contribution >= 0.6 is 0 Å². The Kier molecular flexibility index (Phi) is 6.28. The number of rotatable bonds is 7. The molecule has 0 spiro atoms. The number of esters is 1. The van der Waals surface area contributed by atoms with Gasteiger partial charge in [-0.1, -0.05) is 13.3 Å². The first kappa shape index (κ1) is 20.2. The molecule has 1 aromatic carbocycles. The highest BCUT2D eigenvalue weighted by Crippen LogP contribution is 2.34. The molecule has 1 aliphatic rings. The molecule has 2 atom stereocenters. The minimum Gasteiger partial charge on any atom is -0.452 e. The average Bonchev–Trinajstić information content (AvgIpc) is 2.87. The molecule has 0 unspecified atom stereocenters. The van der Waals surface area contributed by atoms with Gasteiger partial charge in [0.2, 0.25) is 10.0 Å². The van der Waals surface area contributed by atoms with E-state index in [-0.39, 0.29) is 24.6 Å². The number of nitrogens with one attached hydrogen (secondary N) is 1. The molecule has 144 valence electrons. The summed E-state index contributed by atoms with van der Waals surface area (Å²) >= 11 is 0. The van der Waals surface area contributed by atoms with E-state index in [9.17, 15) is 18.0 Å². The summed E-state index contributed by atoms with van der Waals surface area (Å²) in [6.07, 6.45) is 3.51. The Morgan fingerprint density at radius 2 is 2.08 bits per heavy atom. The Morgan fingerprint density at radius 3 is 2.69 bits per heavy atom. The van der Waals surface area contributed by atoms with Crippen LogP contribution in [0.3, 0.4) is 0 Å². The number of sulfonamides is 1. The summed E-state index contributed by atoms with van der Waals surface area (Å²) in [6.45, 7) is 5.41. The van der Waals surface area contributed by atoms with E-state index in [0.717, 1.165) is 18.4 Å². The minimum atomic E-state index is -3.37. The molecule has 7 nitrogen and oxygen atoms in total. The second-order valence-corrected chi connectivity index (χ2v) is 8.65. The predicted octanol–water partition coefficient (Wildman–Crippen LogP) is 1.86. The first-order valence-electron chi connectivity index (χ1n) is 8.72. The van der Waals surface area contributed by atoms with Crippen molar-refractivity contribution in [3.8, 4) is 0 Å². The van der Waals surface area contributed by atoms with Crippen molar-refractivity contribution in [3.63, 3.8) is 0 Å². The van der Waals surface area contributed by atoms with Gasteiger partial charge in [-0.3, -0.25) is 9.10 Å². The first-order chi connectivity index (χ1) is 12.1. The van der Waals surface area contributed by atoms with E-state index >= 15 is 0 Å². The van der Waals surface area contributed by atoms with E-state index in [1.54, 1.807) is 12.1 Å². The van der Waals surface area contributed by atoms with Crippen LogP contribution in [0.15, 0.2) is 18.2 Å². The molecular weight excluding hydrogens is 356 g/mol. The van der Waals surface area contributed by atoms with Crippen LogP contribution in [0.25, 0.3) is 0 Å². The molecule has 0 aromatic heterocycles. The number of hydrogen-bond acceptors (Lipinski definition) is 5. The standard InChI is InChI=1S/C18H26N2O5S/c1-5-6-12(2)19-17(21)11-25-18(22)14-7-8-16-15(10-14)9-13(3)20(16)26(4,23)24/h7-8,10,12-13H,5-6,9,11H2,1-4H3,(H,19,21)/t12-,13+/m1/s1. The van der Waals surface area contributed by atoms with Gasteiger partial charge >= 0.3 is 5.97 Å². The molecule has 1 heterocycles. The fraction of sp³-hybridized carbons (Fsp3) is 0.556. The number of nitrogens with zero attached hydrogens (tertiary/aromatic N) is 1. The second kappa shape index (κ2) is 8.07. The number of carbonyl (C=O) groups excluding carboxylic acids is 2. The highest BCUT2D eigenvalue weighted by molar-refractivity contribution is 7.92. The van der Waals surface area contributed by atoms with Crippen LogP contribution < -0.4 is 9.62 Å². The largest absolute Gasteiger partial charge is 0.452 e. The maximum Gasteiger partial charge on any atom is 0.338 e. The van der Waals surface area contributed by atoms with Gasteiger partial charge in [0.25, 0.3) is 5.91 Å². The quantitative estimate of drug-likeness (QED) is 0.727. The van der Waals surface area contributed by atoms with E-state index in [2.05, 4.69) is 5.32 Å². The lowest BCUT2D eigenvalue weighted by Gasteiger charge is -2.21. The van der Waals surface area contributed by atoms with Gasteiger partial charge in [-0.2, -0.15) is 0 Å². The van der Waals surface area contributed by atoms with Crippen LogP contribution in [0.1, 0.15) is 49.5 Å². The van der Waals surface area contributed by atoms with Gasteiger partial charge in [0.15, 0.2) is 6.61 Å². The van der Waals surface area contributed by atoms with Crippen LogP contribution in [-0.4, -0.2) is 45.2 Å². The normalized spacial score (nSPS) is 17.5. The summed E-state index contributed by atoms with van der Waals surface area (Å²) in [6, 6.07) is 4.61. The zero-order valence-corrected chi connectivity index (χ0v) is 16.4. The molecule has 0 saturated carbocycles. The molecular formula is C18H26N2O5S. The first-order valence-corrected chi connectivity index (χ1v) is 10.6. The van der Waals surface area contributed by atoms with Gasteiger partial charge in [0.05, 0.1) is 17.5 Å². The summed E-state index contributed by atoms with van der Waals surface area (Å²) in [5.41, 5.74) is 1.67. The maximum absolute atomic E-state index is 12.2. The summed E-state index contributed by atoms with van der Waals surface area (Å²) < 4.78 is 30.3. The van der Waals surface area contributed by atoms with E-state index in [4.69, 9.17) is 4.74 Å². The SMILES string of the molecule is CCC[C@@H](C)NC(=O)COC(=O)c1ccc2c(c1)C[C@H](C)N2S(C)(=O)=O. The lowest BCUT2D eigenvalue weighted by Crippen LogP contribution is -2.35. The Balaban J connectivity index is 2.02. The van der Waals surface area contributed by atoms with Crippen molar-refractivity contribution in [1.82, 2.24) is 5.32 Å². The predicted molar refractivity (Wildman–Crippen MR) is 99.7 cm³/mol. The fourth-order valence-corrected chi connectivity index (χ4v) is 4.53. The van der Waals surface area contributed by atoms with Crippen molar-refractivity contribution < 1.29 is 22.7 Å². The van der Waals surface area contributed by atoms with Crippen LogP contribution in [0.4, 0.5) is 5.69 Å². The fourth-order valence-electron chi connectivity index (χ4n) is 3.27. The Labute approximate surface area is 154 Å². The van der Waals surface area contributed by atoms with Crippen molar-refractivity contribution in [2.75, 3.05) is 17.2 Å². The molecule has 1 aromatic rings.